The second kappa shape index (κ2) is 18.2. The van der Waals surface area contributed by atoms with E-state index in [0.29, 0.717) is 12.8 Å². The third-order valence-electron chi connectivity index (χ3n) is 5.72. The van der Waals surface area contributed by atoms with Crippen LogP contribution in [0.15, 0.2) is 34.9 Å². The van der Waals surface area contributed by atoms with E-state index in [0.717, 1.165) is 29.9 Å². The zero-order valence-electron chi connectivity index (χ0n) is 21.5. The highest BCUT2D eigenvalue weighted by Gasteiger charge is 2.35. The maximum atomic E-state index is 11.8. The van der Waals surface area contributed by atoms with Crippen LogP contribution in [-0.2, 0) is 14.5 Å². The second-order valence-corrected chi connectivity index (χ2v) is 8.84. The van der Waals surface area contributed by atoms with Crippen molar-refractivity contribution in [3.63, 3.8) is 0 Å². The Hall–Kier alpha value is -1.30. The number of hydrogen-bond acceptors (Lipinski definition) is 4. The van der Waals surface area contributed by atoms with Gasteiger partial charge in [0, 0.05) is 12.3 Å². The summed E-state index contributed by atoms with van der Waals surface area (Å²) in [6.07, 6.45) is 12.4. The lowest BCUT2D eigenvalue weighted by atomic mass is 9.79. The van der Waals surface area contributed by atoms with Crippen LogP contribution in [0.5, 0.6) is 0 Å². The Bertz CT molecular complexity index is 605. The van der Waals surface area contributed by atoms with Crippen LogP contribution in [0.3, 0.4) is 0 Å². The van der Waals surface area contributed by atoms with Gasteiger partial charge in [-0.05, 0) is 74.1 Å². The first kappa shape index (κ1) is 30.7. The Balaban J connectivity index is 0.000000680. The fourth-order valence-corrected chi connectivity index (χ4v) is 3.88. The molecule has 0 fully saturated rings. The third-order valence-corrected chi connectivity index (χ3v) is 5.72. The molecule has 0 radical (unpaired) electrons. The molecule has 1 N–H and O–H groups in total. The van der Waals surface area contributed by atoms with Crippen molar-refractivity contribution in [2.24, 2.45) is 11.8 Å². The zero-order chi connectivity index (χ0) is 24.5. The normalized spacial score (nSPS) is 22.8. The molecule has 5 heteroatoms. The number of allylic oxidation sites excluding steroid dienone is 3. The highest BCUT2D eigenvalue weighted by molar-refractivity contribution is 5.96. The summed E-state index contributed by atoms with van der Waals surface area (Å²) in [5, 5.41) is 9.48. The molecule has 0 amide bonds. The summed E-state index contributed by atoms with van der Waals surface area (Å²) in [7, 11) is 0. The van der Waals surface area contributed by atoms with E-state index in [-0.39, 0.29) is 37.1 Å². The van der Waals surface area contributed by atoms with Crippen molar-refractivity contribution >= 4 is 5.78 Å². The van der Waals surface area contributed by atoms with Crippen LogP contribution in [0.2, 0.25) is 0 Å². The summed E-state index contributed by atoms with van der Waals surface area (Å²) in [4.78, 5) is 15.3. The lowest BCUT2D eigenvalue weighted by molar-refractivity contribution is -0.133. The van der Waals surface area contributed by atoms with Crippen molar-refractivity contribution in [3.05, 3.63) is 34.9 Å². The molecule has 0 aromatic rings. The number of ketones is 1. The Morgan fingerprint density at radius 2 is 2.00 bits per heavy atom. The van der Waals surface area contributed by atoms with Gasteiger partial charge in [-0.3, -0.25) is 4.79 Å². The van der Waals surface area contributed by atoms with Gasteiger partial charge in [-0.1, -0.05) is 58.3 Å². The standard InChI is InChI=1S/C15H21FO4.C10H20.C2H6/c1-10-6-15-13(8-14(10)18)11(9-17)7-12(20-15)4-2-3-5-19-16;1-5-6-10(4)8-7-9(2)3;1-2/h6-7,12-13,15,17H,2-5,8-9H2,1H3;7,10H,5-6,8H2,1-4H3;1-2H3/t12?,13-,15-;;/m1../s1. The molecule has 2 aliphatic rings. The number of fused-ring (bicyclic) bond motifs is 1. The van der Waals surface area contributed by atoms with Gasteiger partial charge in [-0.15, -0.1) is 0 Å². The van der Waals surface area contributed by atoms with E-state index < -0.39 is 0 Å². The number of aliphatic hydroxyl groups is 1. The minimum atomic E-state index is -0.137. The number of hydrogen-bond donors (Lipinski definition) is 1. The first-order valence-corrected chi connectivity index (χ1v) is 12.4. The monoisotopic (exact) mass is 454 g/mol. The summed E-state index contributed by atoms with van der Waals surface area (Å²) in [6, 6.07) is 0. The molecule has 0 saturated heterocycles. The quantitative estimate of drug-likeness (QED) is 0.283. The molecule has 32 heavy (non-hydrogen) atoms. The minimum Gasteiger partial charge on any atom is -0.392 e. The van der Waals surface area contributed by atoms with E-state index in [1.54, 1.807) is 6.92 Å². The summed E-state index contributed by atoms with van der Waals surface area (Å²) < 4.78 is 17.5. The minimum absolute atomic E-state index is 0.0402. The highest BCUT2D eigenvalue weighted by atomic mass is 19.3. The molecular weight excluding hydrogens is 407 g/mol. The number of carbonyl (C=O) groups is 1. The Morgan fingerprint density at radius 1 is 1.31 bits per heavy atom. The fourth-order valence-electron chi connectivity index (χ4n) is 3.88. The lowest BCUT2D eigenvalue weighted by Gasteiger charge is -2.37. The third kappa shape index (κ3) is 12.1. The van der Waals surface area contributed by atoms with Crippen LogP contribution in [-0.4, -0.2) is 36.3 Å². The van der Waals surface area contributed by atoms with Gasteiger partial charge in [0.2, 0.25) is 0 Å². The summed E-state index contributed by atoms with van der Waals surface area (Å²) in [5.74, 6) is 0.953. The van der Waals surface area contributed by atoms with Gasteiger partial charge in [0.1, 0.15) is 0 Å². The van der Waals surface area contributed by atoms with E-state index in [9.17, 15) is 14.4 Å². The van der Waals surface area contributed by atoms with Crippen molar-refractivity contribution in [2.45, 2.75) is 106 Å². The number of carbonyl (C=O) groups excluding carboxylic acids is 1. The average molecular weight is 455 g/mol. The maximum Gasteiger partial charge on any atom is 0.159 e. The Kier molecular flexibility index (Phi) is 17.4. The molecule has 0 spiro atoms. The molecule has 0 aromatic carbocycles. The second-order valence-electron chi connectivity index (χ2n) is 8.84. The zero-order valence-corrected chi connectivity index (χ0v) is 21.5. The number of rotatable bonds is 10. The molecular formula is C27H47FO4. The molecule has 4 nitrogen and oxygen atoms in total. The van der Waals surface area contributed by atoms with Crippen molar-refractivity contribution < 1.29 is 24.1 Å². The van der Waals surface area contributed by atoms with Gasteiger partial charge in [0.05, 0.1) is 25.4 Å². The molecule has 0 saturated carbocycles. The van der Waals surface area contributed by atoms with E-state index in [4.69, 9.17) is 4.74 Å². The average Bonchev–Trinajstić information content (AvgIpc) is 2.78. The van der Waals surface area contributed by atoms with Crippen LogP contribution in [0, 0.1) is 11.8 Å². The lowest BCUT2D eigenvalue weighted by Crippen LogP contribution is -2.38. The predicted octanol–water partition coefficient (Wildman–Crippen LogP) is 7.08. The van der Waals surface area contributed by atoms with Crippen molar-refractivity contribution in [1.29, 1.82) is 0 Å². The van der Waals surface area contributed by atoms with Gasteiger partial charge in [-0.2, -0.15) is 4.94 Å². The van der Waals surface area contributed by atoms with Crippen LogP contribution in [0.25, 0.3) is 0 Å². The van der Waals surface area contributed by atoms with E-state index >= 15 is 0 Å². The molecule has 1 aliphatic heterocycles. The smallest absolute Gasteiger partial charge is 0.159 e. The van der Waals surface area contributed by atoms with Crippen LogP contribution < -0.4 is 0 Å². The number of halogens is 1. The molecule has 1 heterocycles. The highest BCUT2D eigenvalue weighted by Crippen LogP contribution is 2.35. The summed E-state index contributed by atoms with van der Waals surface area (Å²) >= 11 is 0. The Morgan fingerprint density at radius 3 is 2.56 bits per heavy atom. The van der Waals surface area contributed by atoms with Gasteiger partial charge < -0.3 is 9.84 Å². The maximum absolute atomic E-state index is 11.8. The van der Waals surface area contributed by atoms with Crippen LogP contribution in [0.1, 0.15) is 93.4 Å². The van der Waals surface area contributed by atoms with Crippen LogP contribution >= 0.6 is 0 Å². The van der Waals surface area contributed by atoms with Gasteiger partial charge >= 0.3 is 0 Å². The molecule has 186 valence electrons. The number of aliphatic hydroxyl groups excluding tert-OH is 1. The number of Topliss-reactive ketones (excluding diaryl/α,β-unsaturated/α-hetero) is 1. The first-order chi connectivity index (χ1) is 15.3. The van der Waals surface area contributed by atoms with Crippen molar-refractivity contribution in [3.8, 4) is 0 Å². The summed E-state index contributed by atoms with van der Waals surface area (Å²) in [6.45, 7) is 14.8. The predicted molar refractivity (Wildman–Crippen MR) is 131 cm³/mol. The van der Waals surface area contributed by atoms with E-state index in [2.05, 4.69) is 38.7 Å². The number of unbranched alkanes of at least 4 members (excludes halogenated alkanes) is 1. The topological polar surface area (TPSA) is 55.8 Å². The largest absolute Gasteiger partial charge is 0.392 e. The number of ether oxygens (including phenoxy) is 1. The van der Waals surface area contributed by atoms with E-state index in [1.807, 2.05) is 26.0 Å². The molecule has 1 aliphatic carbocycles. The van der Waals surface area contributed by atoms with Gasteiger partial charge in [0.15, 0.2) is 5.78 Å². The van der Waals surface area contributed by atoms with Gasteiger partial charge in [0.25, 0.3) is 0 Å². The van der Waals surface area contributed by atoms with E-state index in [1.165, 1.54) is 24.8 Å². The first-order valence-electron chi connectivity index (χ1n) is 12.4. The SMILES string of the molecule is CC.CC1=C[C@H]2OC(CCCCOF)C=C(CO)[C@H]2CC1=O.CCCC(C)CC=C(C)C. The van der Waals surface area contributed by atoms with Crippen molar-refractivity contribution in [2.75, 3.05) is 13.2 Å². The molecule has 2 unspecified atom stereocenters. The van der Waals surface area contributed by atoms with Crippen molar-refractivity contribution in [1.82, 2.24) is 0 Å². The van der Waals surface area contributed by atoms with Crippen LogP contribution in [0.4, 0.5) is 4.53 Å². The van der Waals surface area contributed by atoms with Gasteiger partial charge in [-0.25, -0.2) is 0 Å². The summed E-state index contributed by atoms with van der Waals surface area (Å²) in [5.41, 5.74) is 3.06. The fraction of sp³-hybridized carbons (Fsp3) is 0.741. The molecule has 4 atom stereocenters. The molecule has 0 aromatic heterocycles. The molecule has 0 bridgehead atoms. The molecule has 2 rings (SSSR count). The Labute approximate surface area is 195 Å².